The first-order chi connectivity index (χ1) is 8.95. The van der Waals surface area contributed by atoms with Crippen LogP contribution >= 0.6 is 0 Å². The van der Waals surface area contributed by atoms with E-state index in [9.17, 15) is 9.50 Å². The van der Waals surface area contributed by atoms with E-state index in [0.717, 1.165) is 31.7 Å². The molecule has 1 aromatic carbocycles. The van der Waals surface area contributed by atoms with Crippen molar-refractivity contribution in [1.82, 2.24) is 4.90 Å². The molecule has 4 heteroatoms. The van der Waals surface area contributed by atoms with Crippen LogP contribution in [0.2, 0.25) is 0 Å². The summed E-state index contributed by atoms with van der Waals surface area (Å²) < 4.78 is 13.3. The molecule has 0 saturated carbocycles. The minimum absolute atomic E-state index is 0.302. The van der Waals surface area contributed by atoms with E-state index in [1.807, 2.05) is 14.1 Å². The molecule has 0 aliphatic carbocycles. The molecule has 0 unspecified atom stereocenters. The van der Waals surface area contributed by atoms with Crippen molar-refractivity contribution in [3.05, 3.63) is 29.6 Å². The van der Waals surface area contributed by atoms with Crippen molar-refractivity contribution in [3.63, 3.8) is 0 Å². The number of benzene rings is 1. The van der Waals surface area contributed by atoms with Gasteiger partial charge in [-0.1, -0.05) is 6.92 Å². The summed E-state index contributed by atoms with van der Waals surface area (Å²) in [7, 11) is 4.06. The van der Waals surface area contributed by atoms with Crippen molar-refractivity contribution in [2.45, 2.75) is 26.4 Å². The van der Waals surface area contributed by atoms with Gasteiger partial charge in [-0.25, -0.2) is 4.39 Å². The van der Waals surface area contributed by atoms with Gasteiger partial charge in [-0.05, 0) is 45.6 Å². The molecule has 0 amide bonds. The molecular formula is C15H25FN2O. The normalized spacial score (nSPS) is 12.8. The maximum atomic E-state index is 13.3. The van der Waals surface area contributed by atoms with Gasteiger partial charge in [0.05, 0.1) is 6.10 Å². The Kier molecular flexibility index (Phi) is 6.25. The SMILES string of the molecule is CCCN(CCN(C)C)c1ccc(F)cc1[C@H](C)O. The molecule has 3 nitrogen and oxygen atoms in total. The Morgan fingerprint density at radius 2 is 1.89 bits per heavy atom. The van der Waals surface area contributed by atoms with Gasteiger partial charge in [0.1, 0.15) is 5.82 Å². The molecule has 1 rings (SSSR count). The van der Waals surface area contributed by atoms with Crippen LogP contribution in [0.15, 0.2) is 18.2 Å². The number of likely N-dealkylation sites (N-methyl/N-ethyl adjacent to an activating group) is 1. The second-order valence-corrected chi connectivity index (χ2v) is 5.17. The number of halogens is 1. The Hall–Kier alpha value is -1.13. The number of aliphatic hydroxyl groups excluding tert-OH is 1. The van der Waals surface area contributed by atoms with Gasteiger partial charge in [-0.15, -0.1) is 0 Å². The fourth-order valence-corrected chi connectivity index (χ4v) is 2.09. The molecular weight excluding hydrogens is 243 g/mol. The van der Waals surface area contributed by atoms with Crippen molar-refractivity contribution in [1.29, 1.82) is 0 Å². The Morgan fingerprint density at radius 3 is 2.42 bits per heavy atom. The van der Waals surface area contributed by atoms with Crippen molar-refractivity contribution < 1.29 is 9.50 Å². The molecule has 0 aromatic heterocycles. The molecule has 0 bridgehead atoms. The van der Waals surface area contributed by atoms with Crippen LogP contribution < -0.4 is 4.90 Å². The standard InChI is InChI=1S/C15H25FN2O/c1-5-8-18(10-9-17(3)4)15-7-6-13(16)11-14(15)12(2)19/h6-7,11-12,19H,5,8-10H2,1-4H3/t12-/m0/s1. The molecule has 0 aliphatic heterocycles. The number of rotatable bonds is 7. The third kappa shape index (κ3) is 4.80. The molecule has 19 heavy (non-hydrogen) atoms. The van der Waals surface area contributed by atoms with Crippen molar-refractivity contribution in [2.75, 3.05) is 38.6 Å². The fraction of sp³-hybridized carbons (Fsp3) is 0.600. The summed E-state index contributed by atoms with van der Waals surface area (Å²) in [6.45, 7) is 6.49. The van der Waals surface area contributed by atoms with Crippen LogP contribution in [0.3, 0.4) is 0 Å². The van der Waals surface area contributed by atoms with Crippen LogP contribution in [-0.2, 0) is 0 Å². The summed E-state index contributed by atoms with van der Waals surface area (Å²) in [5.74, 6) is -0.302. The zero-order chi connectivity index (χ0) is 14.4. The van der Waals surface area contributed by atoms with Crippen molar-refractivity contribution in [2.24, 2.45) is 0 Å². The Balaban J connectivity index is 3.00. The summed E-state index contributed by atoms with van der Waals surface area (Å²) >= 11 is 0. The largest absolute Gasteiger partial charge is 0.389 e. The van der Waals surface area contributed by atoms with Crippen LogP contribution in [0.25, 0.3) is 0 Å². The lowest BCUT2D eigenvalue weighted by Crippen LogP contribution is -2.33. The van der Waals surface area contributed by atoms with Crippen LogP contribution in [0.5, 0.6) is 0 Å². The predicted molar refractivity (Wildman–Crippen MR) is 78.1 cm³/mol. The van der Waals surface area contributed by atoms with Gasteiger partial charge in [0, 0.05) is 30.9 Å². The maximum absolute atomic E-state index is 13.3. The summed E-state index contributed by atoms with van der Waals surface area (Å²) in [5, 5.41) is 9.82. The highest BCUT2D eigenvalue weighted by Crippen LogP contribution is 2.27. The van der Waals surface area contributed by atoms with Gasteiger partial charge in [0.2, 0.25) is 0 Å². The molecule has 108 valence electrons. The van der Waals surface area contributed by atoms with Crippen molar-refractivity contribution in [3.8, 4) is 0 Å². The van der Waals surface area contributed by atoms with Gasteiger partial charge < -0.3 is 14.9 Å². The molecule has 0 saturated heterocycles. The van der Waals surface area contributed by atoms with Gasteiger partial charge >= 0.3 is 0 Å². The van der Waals surface area contributed by atoms with Gasteiger partial charge in [-0.3, -0.25) is 0 Å². The fourth-order valence-electron chi connectivity index (χ4n) is 2.09. The first-order valence-corrected chi connectivity index (χ1v) is 6.83. The second-order valence-electron chi connectivity index (χ2n) is 5.17. The molecule has 0 fully saturated rings. The smallest absolute Gasteiger partial charge is 0.123 e. The molecule has 1 atom stereocenters. The Labute approximate surface area is 115 Å². The third-order valence-corrected chi connectivity index (χ3v) is 3.09. The van der Waals surface area contributed by atoms with E-state index in [0.29, 0.717) is 5.56 Å². The first-order valence-electron chi connectivity index (χ1n) is 6.83. The van der Waals surface area contributed by atoms with Crippen LogP contribution in [-0.4, -0.2) is 43.7 Å². The highest BCUT2D eigenvalue weighted by molar-refractivity contribution is 5.54. The van der Waals surface area contributed by atoms with E-state index in [1.165, 1.54) is 12.1 Å². The highest BCUT2D eigenvalue weighted by atomic mass is 19.1. The summed E-state index contributed by atoms with van der Waals surface area (Å²) in [4.78, 5) is 4.33. The minimum atomic E-state index is -0.663. The maximum Gasteiger partial charge on any atom is 0.123 e. The zero-order valence-corrected chi connectivity index (χ0v) is 12.4. The lowest BCUT2D eigenvalue weighted by atomic mass is 10.1. The van der Waals surface area contributed by atoms with E-state index in [1.54, 1.807) is 13.0 Å². The minimum Gasteiger partial charge on any atom is -0.389 e. The van der Waals surface area contributed by atoms with Crippen LogP contribution in [0.1, 0.15) is 31.9 Å². The third-order valence-electron chi connectivity index (χ3n) is 3.09. The summed E-state index contributed by atoms with van der Waals surface area (Å²) in [6.07, 6.45) is 0.355. The van der Waals surface area contributed by atoms with Crippen LogP contribution in [0.4, 0.5) is 10.1 Å². The summed E-state index contributed by atoms with van der Waals surface area (Å²) in [5.41, 5.74) is 1.59. The number of hydrogen-bond acceptors (Lipinski definition) is 3. The molecule has 0 spiro atoms. The van der Waals surface area contributed by atoms with E-state index in [-0.39, 0.29) is 5.82 Å². The number of aliphatic hydroxyl groups is 1. The van der Waals surface area contributed by atoms with Crippen molar-refractivity contribution >= 4 is 5.69 Å². The van der Waals surface area contributed by atoms with Gasteiger partial charge in [0.15, 0.2) is 0 Å². The molecule has 1 aromatic rings. The lowest BCUT2D eigenvalue weighted by Gasteiger charge is -2.29. The number of hydrogen-bond donors (Lipinski definition) is 1. The van der Waals surface area contributed by atoms with E-state index >= 15 is 0 Å². The lowest BCUT2D eigenvalue weighted by molar-refractivity contribution is 0.199. The summed E-state index contributed by atoms with van der Waals surface area (Å²) in [6, 6.07) is 4.65. The zero-order valence-electron chi connectivity index (χ0n) is 12.4. The van der Waals surface area contributed by atoms with E-state index in [4.69, 9.17) is 0 Å². The monoisotopic (exact) mass is 268 g/mol. The first kappa shape index (κ1) is 15.9. The van der Waals surface area contributed by atoms with Crippen LogP contribution in [0, 0.1) is 5.82 Å². The Bertz CT molecular complexity index is 394. The predicted octanol–water partition coefficient (Wildman–Crippen LogP) is 2.66. The average Bonchev–Trinajstić information content (AvgIpc) is 2.34. The number of anilines is 1. The average molecular weight is 268 g/mol. The highest BCUT2D eigenvalue weighted by Gasteiger charge is 2.15. The topological polar surface area (TPSA) is 26.7 Å². The van der Waals surface area contributed by atoms with E-state index < -0.39 is 6.10 Å². The Morgan fingerprint density at radius 1 is 1.21 bits per heavy atom. The molecule has 0 radical (unpaired) electrons. The van der Waals surface area contributed by atoms with Gasteiger partial charge in [0.25, 0.3) is 0 Å². The van der Waals surface area contributed by atoms with Gasteiger partial charge in [-0.2, -0.15) is 0 Å². The molecule has 0 aliphatic rings. The molecule has 0 heterocycles. The van der Waals surface area contributed by atoms with E-state index in [2.05, 4.69) is 16.7 Å². The number of nitrogens with zero attached hydrogens (tertiary/aromatic N) is 2. The molecule has 1 N–H and O–H groups in total. The second kappa shape index (κ2) is 7.46. The quantitative estimate of drug-likeness (QED) is 0.823.